The lowest BCUT2D eigenvalue weighted by Crippen LogP contribution is -1.97. The fourth-order valence-corrected chi connectivity index (χ4v) is 0.946. The minimum Gasteiger partial charge on any atom is -0.303 e. The van der Waals surface area contributed by atoms with Crippen LogP contribution in [0.15, 0.2) is 12.1 Å². The maximum atomic E-state index is 13.1. The summed E-state index contributed by atoms with van der Waals surface area (Å²) < 4.78 is 25.8. The van der Waals surface area contributed by atoms with Gasteiger partial charge in [-0.3, -0.25) is 0 Å². The van der Waals surface area contributed by atoms with Crippen molar-refractivity contribution in [2.45, 2.75) is 6.42 Å². The minimum absolute atomic E-state index is 0.0351. The first kappa shape index (κ1) is 9.33. The van der Waals surface area contributed by atoms with Crippen LogP contribution in [-0.4, -0.2) is 6.29 Å². The van der Waals surface area contributed by atoms with E-state index in [9.17, 15) is 13.6 Å². The van der Waals surface area contributed by atoms with Crippen LogP contribution in [0.5, 0.6) is 0 Å². The summed E-state index contributed by atoms with van der Waals surface area (Å²) in [6.45, 7) is 0. The molecule has 0 saturated heterocycles. The van der Waals surface area contributed by atoms with Crippen LogP contribution >= 0.6 is 0 Å². The molecule has 2 nitrogen and oxygen atoms in total. The molecule has 0 atom stereocenters. The zero-order chi connectivity index (χ0) is 9.84. The molecule has 0 saturated carbocycles. The van der Waals surface area contributed by atoms with E-state index in [1.807, 2.05) is 0 Å². The van der Waals surface area contributed by atoms with Crippen LogP contribution in [0, 0.1) is 23.0 Å². The van der Waals surface area contributed by atoms with E-state index in [0.29, 0.717) is 6.29 Å². The topological polar surface area (TPSA) is 40.9 Å². The molecule has 0 amide bonds. The number of rotatable bonds is 2. The number of nitrogens with zero attached hydrogens (tertiary/aromatic N) is 1. The van der Waals surface area contributed by atoms with Gasteiger partial charge in [-0.15, -0.1) is 0 Å². The smallest absolute Gasteiger partial charge is 0.147 e. The Labute approximate surface area is 73.4 Å². The van der Waals surface area contributed by atoms with E-state index in [1.54, 1.807) is 0 Å². The molecule has 0 heterocycles. The van der Waals surface area contributed by atoms with Crippen molar-refractivity contribution in [1.29, 1.82) is 5.26 Å². The van der Waals surface area contributed by atoms with Crippen molar-refractivity contribution in [1.82, 2.24) is 0 Å². The molecule has 0 fully saturated rings. The number of carbonyl (C=O) groups excluding carboxylic acids is 1. The number of halogens is 2. The average molecular weight is 181 g/mol. The normalized spacial score (nSPS) is 9.31. The number of hydrogen-bond acceptors (Lipinski definition) is 2. The molecular weight excluding hydrogens is 176 g/mol. The highest BCUT2D eigenvalue weighted by Gasteiger charge is 2.12. The number of benzene rings is 1. The molecule has 1 aromatic rings. The molecule has 4 heteroatoms. The van der Waals surface area contributed by atoms with Crippen molar-refractivity contribution in [2.75, 3.05) is 0 Å². The fourth-order valence-electron chi connectivity index (χ4n) is 0.946. The van der Waals surface area contributed by atoms with Gasteiger partial charge in [-0.2, -0.15) is 5.26 Å². The average Bonchev–Trinajstić information content (AvgIpc) is 2.11. The monoisotopic (exact) mass is 181 g/mol. The quantitative estimate of drug-likeness (QED) is 0.650. The Morgan fingerprint density at radius 3 is 2.69 bits per heavy atom. The lowest BCUT2D eigenvalue weighted by Gasteiger charge is -2.00. The van der Waals surface area contributed by atoms with Crippen molar-refractivity contribution >= 4 is 6.29 Å². The summed E-state index contributed by atoms with van der Waals surface area (Å²) in [5, 5.41) is 8.37. The van der Waals surface area contributed by atoms with Gasteiger partial charge in [-0.05, 0) is 11.6 Å². The number of aldehydes is 1. The van der Waals surface area contributed by atoms with Gasteiger partial charge in [-0.25, -0.2) is 8.78 Å². The SMILES string of the molecule is N#Cc1c(F)ccc(CC=O)c1F. The molecule has 0 aliphatic carbocycles. The van der Waals surface area contributed by atoms with E-state index in [1.165, 1.54) is 6.07 Å². The third kappa shape index (κ3) is 1.70. The van der Waals surface area contributed by atoms with E-state index in [-0.39, 0.29) is 12.0 Å². The maximum absolute atomic E-state index is 13.1. The summed E-state index contributed by atoms with van der Waals surface area (Å²) in [5.41, 5.74) is -0.604. The van der Waals surface area contributed by atoms with Gasteiger partial charge in [0.25, 0.3) is 0 Å². The third-order valence-corrected chi connectivity index (χ3v) is 1.59. The van der Waals surface area contributed by atoms with E-state index in [0.717, 1.165) is 12.1 Å². The first-order valence-corrected chi connectivity index (χ1v) is 3.51. The molecule has 0 N–H and O–H groups in total. The van der Waals surface area contributed by atoms with Crippen LogP contribution in [0.25, 0.3) is 0 Å². The third-order valence-electron chi connectivity index (χ3n) is 1.59. The minimum atomic E-state index is -0.949. The Kier molecular flexibility index (Phi) is 2.70. The van der Waals surface area contributed by atoms with Crippen molar-refractivity contribution < 1.29 is 13.6 Å². The molecule has 66 valence electrons. The van der Waals surface area contributed by atoms with Gasteiger partial charge in [0.15, 0.2) is 0 Å². The van der Waals surface area contributed by atoms with E-state index in [2.05, 4.69) is 0 Å². The van der Waals surface area contributed by atoms with Crippen LogP contribution in [0.4, 0.5) is 8.78 Å². The summed E-state index contributed by atoms with van der Waals surface area (Å²) in [6.07, 6.45) is 0.346. The van der Waals surface area contributed by atoms with Gasteiger partial charge in [0, 0.05) is 6.42 Å². The molecule has 1 rings (SSSR count). The highest BCUT2D eigenvalue weighted by atomic mass is 19.1. The Morgan fingerprint density at radius 1 is 1.46 bits per heavy atom. The zero-order valence-electron chi connectivity index (χ0n) is 6.55. The highest BCUT2D eigenvalue weighted by molar-refractivity contribution is 5.56. The van der Waals surface area contributed by atoms with Crippen LogP contribution in [0.1, 0.15) is 11.1 Å². The number of nitriles is 1. The zero-order valence-corrected chi connectivity index (χ0v) is 6.55. The second-order valence-corrected chi connectivity index (χ2v) is 2.38. The van der Waals surface area contributed by atoms with E-state index in [4.69, 9.17) is 5.26 Å². The Hall–Kier alpha value is -1.76. The summed E-state index contributed by atoms with van der Waals surface area (Å²) in [4.78, 5) is 10.1. The van der Waals surface area contributed by atoms with Crippen LogP contribution in [0.2, 0.25) is 0 Å². The molecule has 0 bridgehead atoms. The Balaban J connectivity index is 3.29. The second kappa shape index (κ2) is 3.76. The molecule has 0 radical (unpaired) electrons. The summed E-state index contributed by atoms with van der Waals surface area (Å²) in [7, 11) is 0. The van der Waals surface area contributed by atoms with Gasteiger partial charge < -0.3 is 4.79 Å². The van der Waals surface area contributed by atoms with Gasteiger partial charge >= 0.3 is 0 Å². The summed E-state index contributed by atoms with van der Waals surface area (Å²) >= 11 is 0. The van der Waals surface area contributed by atoms with Crippen LogP contribution < -0.4 is 0 Å². The number of carbonyl (C=O) groups is 1. The molecule has 0 aliphatic rings. The molecule has 0 unspecified atom stereocenters. The largest absolute Gasteiger partial charge is 0.303 e. The van der Waals surface area contributed by atoms with Gasteiger partial charge in [0.1, 0.15) is 29.6 Å². The molecule has 0 aromatic heterocycles. The van der Waals surface area contributed by atoms with Gasteiger partial charge in [0.05, 0.1) is 0 Å². The molecule has 1 aromatic carbocycles. The van der Waals surface area contributed by atoms with Gasteiger partial charge in [0.2, 0.25) is 0 Å². The lowest BCUT2D eigenvalue weighted by atomic mass is 10.1. The van der Waals surface area contributed by atoms with Crippen molar-refractivity contribution in [2.24, 2.45) is 0 Å². The fraction of sp³-hybridized carbons (Fsp3) is 0.111. The summed E-state index contributed by atoms with van der Waals surface area (Å²) in [6, 6.07) is 3.52. The van der Waals surface area contributed by atoms with Crippen LogP contribution in [0.3, 0.4) is 0 Å². The Morgan fingerprint density at radius 2 is 2.15 bits per heavy atom. The Bertz CT molecular complexity index is 382. The molecule has 0 spiro atoms. The standard InChI is InChI=1S/C9H5F2NO/c10-8-2-1-6(3-4-13)9(11)7(8)5-12/h1-2,4H,3H2. The summed E-state index contributed by atoms with van der Waals surface area (Å²) in [5.74, 6) is -1.86. The van der Waals surface area contributed by atoms with Crippen molar-refractivity contribution in [3.8, 4) is 6.07 Å². The highest BCUT2D eigenvalue weighted by Crippen LogP contribution is 2.15. The van der Waals surface area contributed by atoms with Crippen molar-refractivity contribution in [3.05, 3.63) is 34.9 Å². The van der Waals surface area contributed by atoms with Gasteiger partial charge in [-0.1, -0.05) is 6.07 Å². The molecule has 0 aliphatic heterocycles. The first-order valence-electron chi connectivity index (χ1n) is 3.51. The lowest BCUT2D eigenvalue weighted by molar-refractivity contribution is -0.107. The molecular formula is C9H5F2NO. The number of hydrogen-bond donors (Lipinski definition) is 0. The van der Waals surface area contributed by atoms with E-state index < -0.39 is 17.2 Å². The molecule has 13 heavy (non-hydrogen) atoms. The van der Waals surface area contributed by atoms with Crippen molar-refractivity contribution in [3.63, 3.8) is 0 Å². The predicted octanol–water partition coefficient (Wildman–Crippen LogP) is 1.58. The maximum Gasteiger partial charge on any atom is 0.147 e. The van der Waals surface area contributed by atoms with E-state index >= 15 is 0 Å². The predicted molar refractivity (Wildman–Crippen MR) is 40.8 cm³/mol. The first-order chi connectivity index (χ1) is 6.20. The second-order valence-electron chi connectivity index (χ2n) is 2.38. The van der Waals surface area contributed by atoms with Crippen LogP contribution in [-0.2, 0) is 11.2 Å².